The van der Waals surface area contributed by atoms with Crippen molar-refractivity contribution in [2.24, 2.45) is 0 Å². The van der Waals surface area contributed by atoms with Gasteiger partial charge in [0.25, 0.3) is 0 Å². The van der Waals surface area contributed by atoms with Gasteiger partial charge in [0.1, 0.15) is 6.54 Å². The molecule has 0 saturated heterocycles. The first-order chi connectivity index (χ1) is 9.40. The van der Waals surface area contributed by atoms with Gasteiger partial charge in [0, 0.05) is 10.7 Å². The van der Waals surface area contributed by atoms with Crippen molar-refractivity contribution in [3.8, 4) is 0 Å². The minimum absolute atomic E-state index is 0.121. The summed E-state index contributed by atoms with van der Waals surface area (Å²) in [6.07, 6.45) is 0. The lowest BCUT2D eigenvalue weighted by Gasteiger charge is -2.10. The van der Waals surface area contributed by atoms with E-state index >= 15 is 0 Å². The molecule has 1 amide bonds. The van der Waals surface area contributed by atoms with Gasteiger partial charge in [-0.3, -0.25) is 9.48 Å². The average Bonchev–Trinajstić information content (AvgIpc) is 2.63. The molecule has 2 aromatic rings. The predicted molar refractivity (Wildman–Crippen MR) is 80.9 cm³/mol. The Bertz CT molecular complexity index is 663. The van der Waals surface area contributed by atoms with Crippen LogP contribution in [0.25, 0.3) is 0 Å². The molecular formula is C14H17ClN4O. The van der Waals surface area contributed by atoms with Crippen LogP contribution in [0.15, 0.2) is 18.2 Å². The molecule has 0 aliphatic rings. The van der Waals surface area contributed by atoms with E-state index in [-0.39, 0.29) is 12.5 Å². The number of carbonyl (C=O) groups excluding carboxylic acids is 1. The minimum atomic E-state index is -0.166. The van der Waals surface area contributed by atoms with Crippen LogP contribution in [0, 0.1) is 20.8 Å². The lowest BCUT2D eigenvalue weighted by atomic mass is 10.2. The fraction of sp³-hybridized carbons (Fsp3) is 0.286. The number of carbonyl (C=O) groups is 1. The lowest BCUT2D eigenvalue weighted by Crippen LogP contribution is -2.20. The zero-order chi connectivity index (χ0) is 14.9. The highest BCUT2D eigenvalue weighted by Gasteiger charge is 2.12. The van der Waals surface area contributed by atoms with Crippen molar-refractivity contribution >= 4 is 28.9 Å². The van der Waals surface area contributed by atoms with E-state index < -0.39 is 0 Å². The summed E-state index contributed by atoms with van der Waals surface area (Å²) >= 11 is 6.02. The van der Waals surface area contributed by atoms with Crippen molar-refractivity contribution in [3.05, 3.63) is 40.2 Å². The summed E-state index contributed by atoms with van der Waals surface area (Å²) in [5.41, 5.74) is 9.54. The number of hydrogen-bond acceptors (Lipinski definition) is 3. The number of anilines is 2. The quantitative estimate of drug-likeness (QED) is 0.913. The van der Waals surface area contributed by atoms with Gasteiger partial charge in [0.15, 0.2) is 0 Å². The van der Waals surface area contributed by atoms with Gasteiger partial charge >= 0.3 is 0 Å². The van der Waals surface area contributed by atoms with E-state index in [4.69, 9.17) is 17.3 Å². The molecule has 0 unspecified atom stereocenters. The Balaban J connectivity index is 2.13. The van der Waals surface area contributed by atoms with Crippen LogP contribution >= 0.6 is 11.6 Å². The van der Waals surface area contributed by atoms with Crippen molar-refractivity contribution in [3.63, 3.8) is 0 Å². The Morgan fingerprint density at radius 3 is 2.70 bits per heavy atom. The normalized spacial score (nSPS) is 10.6. The van der Waals surface area contributed by atoms with Crippen LogP contribution in [0.3, 0.4) is 0 Å². The smallest absolute Gasteiger partial charge is 0.246 e. The minimum Gasteiger partial charge on any atom is -0.396 e. The molecule has 0 aliphatic carbocycles. The van der Waals surface area contributed by atoms with Crippen LogP contribution in [-0.2, 0) is 11.3 Å². The third-order valence-corrected chi connectivity index (χ3v) is 3.68. The summed E-state index contributed by atoms with van der Waals surface area (Å²) in [6, 6.07) is 5.40. The van der Waals surface area contributed by atoms with Crippen LogP contribution in [-0.4, -0.2) is 15.7 Å². The molecule has 1 heterocycles. The summed E-state index contributed by atoms with van der Waals surface area (Å²) in [7, 11) is 0. The van der Waals surface area contributed by atoms with E-state index in [2.05, 4.69) is 10.4 Å². The molecule has 106 valence electrons. The molecule has 0 saturated carbocycles. The maximum absolute atomic E-state index is 12.1. The molecule has 20 heavy (non-hydrogen) atoms. The molecular weight excluding hydrogens is 276 g/mol. The Kier molecular flexibility index (Phi) is 3.99. The number of aryl methyl sites for hydroxylation is 1. The standard InChI is InChI=1S/C14H17ClN4O/c1-8-11(15)5-4-6-12(8)17-13(20)7-19-10(3)14(16)9(2)18-19/h4-6H,7,16H2,1-3H3,(H,17,20). The van der Waals surface area contributed by atoms with Gasteiger partial charge in [-0.25, -0.2) is 0 Å². The predicted octanol–water partition coefficient (Wildman–Crippen LogP) is 2.68. The highest BCUT2D eigenvalue weighted by atomic mass is 35.5. The number of aromatic nitrogens is 2. The summed E-state index contributed by atoms with van der Waals surface area (Å²) in [5.74, 6) is -0.166. The van der Waals surface area contributed by atoms with Gasteiger partial charge in [-0.1, -0.05) is 17.7 Å². The van der Waals surface area contributed by atoms with Gasteiger partial charge in [-0.15, -0.1) is 0 Å². The Labute approximate surface area is 122 Å². The monoisotopic (exact) mass is 292 g/mol. The second kappa shape index (κ2) is 5.54. The zero-order valence-corrected chi connectivity index (χ0v) is 12.5. The summed E-state index contributed by atoms with van der Waals surface area (Å²) < 4.78 is 1.60. The molecule has 0 fully saturated rings. The van der Waals surface area contributed by atoms with Gasteiger partial charge in [-0.2, -0.15) is 5.10 Å². The van der Waals surface area contributed by atoms with Crippen molar-refractivity contribution in [1.82, 2.24) is 9.78 Å². The molecule has 1 aromatic heterocycles. The Hall–Kier alpha value is -2.01. The number of nitrogens with two attached hydrogens (primary N) is 1. The molecule has 5 nitrogen and oxygen atoms in total. The first-order valence-corrected chi connectivity index (χ1v) is 6.62. The highest BCUT2D eigenvalue weighted by molar-refractivity contribution is 6.31. The molecule has 0 bridgehead atoms. The van der Waals surface area contributed by atoms with E-state index in [0.717, 1.165) is 17.0 Å². The third kappa shape index (κ3) is 2.77. The van der Waals surface area contributed by atoms with E-state index in [1.807, 2.05) is 26.8 Å². The molecule has 0 atom stereocenters. The van der Waals surface area contributed by atoms with Crippen molar-refractivity contribution in [2.45, 2.75) is 27.3 Å². The van der Waals surface area contributed by atoms with Crippen molar-refractivity contribution in [2.75, 3.05) is 11.1 Å². The molecule has 0 aliphatic heterocycles. The van der Waals surface area contributed by atoms with Crippen LogP contribution in [0.1, 0.15) is 17.0 Å². The zero-order valence-electron chi connectivity index (χ0n) is 11.7. The van der Waals surface area contributed by atoms with Gasteiger partial charge in [0.2, 0.25) is 5.91 Å². The summed E-state index contributed by atoms with van der Waals surface area (Å²) in [4.78, 5) is 12.1. The number of nitrogens with zero attached hydrogens (tertiary/aromatic N) is 2. The Morgan fingerprint density at radius 1 is 1.40 bits per heavy atom. The molecule has 2 rings (SSSR count). The fourth-order valence-electron chi connectivity index (χ4n) is 1.93. The van der Waals surface area contributed by atoms with Crippen LogP contribution in [0.2, 0.25) is 5.02 Å². The molecule has 3 N–H and O–H groups in total. The first-order valence-electron chi connectivity index (χ1n) is 6.24. The molecule has 6 heteroatoms. The Morgan fingerprint density at radius 2 is 2.10 bits per heavy atom. The lowest BCUT2D eigenvalue weighted by molar-refractivity contribution is -0.116. The largest absolute Gasteiger partial charge is 0.396 e. The fourth-order valence-corrected chi connectivity index (χ4v) is 2.11. The number of amides is 1. The number of rotatable bonds is 3. The van der Waals surface area contributed by atoms with Crippen molar-refractivity contribution < 1.29 is 4.79 Å². The number of nitrogens with one attached hydrogen (secondary N) is 1. The number of hydrogen-bond donors (Lipinski definition) is 2. The van der Waals surface area contributed by atoms with E-state index in [0.29, 0.717) is 16.4 Å². The third-order valence-electron chi connectivity index (χ3n) is 3.27. The topological polar surface area (TPSA) is 72.9 Å². The average molecular weight is 293 g/mol. The van der Waals surface area contributed by atoms with Crippen molar-refractivity contribution in [1.29, 1.82) is 0 Å². The second-order valence-electron chi connectivity index (χ2n) is 4.70. The van der Waals surface area contributed by atoms with Crippen LogP contribution < -0.4 is 11.1 Å². The van der Waals surface area contributed by atoms with Crippen LogP contribution in [0.5, 0.6) is 0 Å². The van der Waals surface area contributed by atoms with Gasteiger partial charge < -0.3 is 11.1 Å². The molecule has 1 aromatic carbocycles. The SMILES string of the molecule is Cc1nn(CC(=O)Nc2cccc(Cl)c2C)c(C)c1N. The van der Waals surface area contributed by atoms with Crippen LogP contribution in [0.4, 0.5) is 11.4 Å². The summed E-state index contributed by atoms with van der Waals surface area (Å²) in [5, 5.41) is 7.69. The summed E-state index contributed by atoms with van der Waals surface area (Å²) in [6.45, 7) is 5.64. The van der Waals surface area contributed by atoms with Gasteiger partial charge in [-0.05, 0) is 38.5 Å². The van der Waals surface area contributed by atoms with Gasteiger partial charge in [0.05, 0.1) is 17.1 Å². The van der Waals surface area contributed by atoms with E-state index in [1.165, 1.54) is 0 Å². The second-order valence-corrected chi connectivity index (χ2v) is 5.11. The number of nitrogen functional groups attached to an aromatic ring is 1. The maximum atomic E-state index is 12.1. The molecule has 0 radical (unpaired) electrons. The highest BCUT2D eigenvalue weighted by Crippen LogP contribution is 2.23. The number of benzene rings is 1. The maximum Gasteiger partial charge on any atom is 0.246 e. The molecule has 0 spiro atoms. The first kappa shape index (κ1) is 14.4. The van der Waals surface area contributed by atoms with E-state index in [1.54, 1.807) is 16.8 Å². The van der Waals surface area contributed by atoms with E-state index in [9.17, 15) is 4.79 Å². The number of halogens is 1.